The van der Waals surface area contributed by atoms with Gasteiger partial charge in [0.1, 0.15) is 5.82 Å². The molecule has 1 aliphatic carbocycles. The van der Waals surface area contributed by atoms with E-state index in [0.29, 0.717) is 6.54 Å². The lowest BCUT2D eigenvalue weighted by Crippen LogP contribution is -2.34. The maximum atomic E-state index is 12.5. The fraction of sp³-hybridized carbons (Fsp3) is 0.583. The highest BCUT2D eigenvalue weighted by molar-refractivity contribution is 7.89. The molecule has 18 heavy (non-hydrogen) atoms. The Morgan fingerprint density at radius 2 is 2.22 bits per heavy atom. The number of rotatable bonds is 6. The van der Waals surface area contributed by atoms with E-state index in [1.165, 1.54) is 18.3 Å². The molecule has 0 spiro atoms. The van der Waals surface area contributed by atoms with Crippen molar-refractivity contribution >= 4 is 15.8 Å². The molecule has 6 heteroatoms. The molecule has 1 heterocycles. The first-order chi connectivity index (χ1) is 8.55. The number of unbranched alkanes of at least 4 members (excludes halogenated alkanes) is 1. The van der Waals surface area contributed by atoms with Crippen molar-refractivity contribution in [3.63, 3.8) is 0 Å². The lowest BCUT2D eigenvalue weighted by Gasteiger charge is -2.21. The molecule has 1 saturated carbocycles. The molecule has 0 radical (unpaired) electrons. The van der Waals surface area contributed by atoms with E-state index in [0.717, 1.165) is 25.7 Å². The zero-order valence-electron chi connectivity index (χ0n) is 10.5. The maximum absolute atomic E-state index is 12.5. The highest BCUT2D eigenvalue weighted by Crippen LogP contribution is 2.32. The minimum atomic E-state index is -3.42. The van der Waals surface area contributed by atoms with E-state index in [-0.39, 0.29) is 16.8 Å². The number of hydrogen-bond donors (Lipinski definition) is 1. The van der Waals surface area contributed by atoms with Crippen molar-refractivity contribution in [1.82, 2.24) is 9.29 Å². The van der Waals surface area contributed by atoms with Crippen LogP contribution in [0.4, 0.5) is 5.82 Å². The predicted octanol–water partition coefficient (Wildman–Crippen LogP) is 1.62. The van der Waals surface area contributed by atoms with Crippen molar-refractivity contribution in [2.75, 3.05) is 12.3 Å². The third-order valence-corrected chi connectivity index (χ3v) is 4.99. The van der Waals surface area contributed by atoms with E-state index >= 15 is 0 Å². The fourth-order valence-electron chi connectivity index (χ4n) is 1.90. The van der Waals surface area contributed by atoms with Crippen LogP contribution in [0.25, 0.3) is 0 Å². The van der Waals surface area contributed by atoms with Gasteiger partial charge in [-0.15, -0.1) is 0 Å². The summed E-state index contributed by atoms with van der Waals surface area (Å²) < 4.78 is 26.6. The molecule has 100 valence electrons. The van der Waals surface area contributed by atoms with Crippen LogP contribution >= 0.6 is 0 Å². The first-order valence-corrected chi connectivity index (χ1v) is 7.73. The van der Waals surface area contributed by atoms with Gasteiger partial charge in [-0.2, -0.15) is 4.31 Å². The lowest BCUT2D eigenvalue weighted by atomic mass is 10.3. The van der Waals surface area contributed by atoms with Crippen LogP contribution in [0.2, 0.25) is 0 Å². The number of aromatic nitrogens is 1. The molecule has 1 fully saturated rings. The SMILES string of the molecule is CCCCN(C1CC1)S(=O)(=O)c1ccnc(N)c1. The summed E-state index contributed by atoms with van der Waals surface area (Å²) in [6.07, 6.45) is 5.23. The summed E-state index contributed by atoms with van der Waals surface area (Å²) in [5.41, 5.74) is 5.55. The highest BCUT2D eigenvalue weighted by Gasteiger charge is 2.37. The van der Waals surface area contributed by atoms with Crippen molar-refractivity contribution in [3.8, 4) is 0 Å². The van der Waals surface area contributed by atoms with Crippen LogP contribution in [0.1, 0.15) is 32.6 Å². The van der Waals surface area contributed by atoms with E-state index in [1.54, 1.807) is 4.31 Å². The molecule has 0 amide bonds. The smallest absolute Gasteiger partial charge is 0.243 e. The molecule has 5 nitrogen and oxygen atoms in total. The van der Waals surface area contributed by atoms with Gasteiger partial charge in [0, 0.05) is 24.8 Å². The number of nitrogens with two attached hydrogens (primary N) is 1. The second-order valence-electron chi connectivity index (χ2n) is 4.62. The van der Waals surface area contributed by atoms with E-state index in [9.17, 15) is 8.42 Å². The summed E-state index contributed by atoms with van der Waals surface area (Å²) in [6, 6.07) is 3.11. The maximum Gasteiger partial charge on any atom is 0.243 e. The summed E-state index contributed by atoms with van der Waals surface area (Å²) in [5, 5.41) is 0. The van der Waals surface area contributed by atoms with Gasteiger partial charge in [-0.1, -0.05) is 13.3 Å². The molecule has 0 saturated heterocycles. The standard InChI is InChI=1S/C12H19N3O2S/c1-2-3-8-15(10-4-5-10)18(16,17)11-6-7-14-12(13)9-11/h6-7,9-10H,2-5,8H2,1H3,(H2,13,14). The normalized spacial score (nSPS) is 16.1. The summed E-state index contributed by atoms with van der Waals surface area (Å²) in [6.45, 7) is 2.65. The van der Waals surface area contributed by atoms with Gasteiger partial charge in [0.25, 0.3) is 0 Å². The number of sulfonamides is 1. The van der Waals surface area contributed by atoms with Crippen molar-refractivity contribution < 1.29 is 8.42 Å². The molecule has 0 aliphatic heterocycles. The molecule has 1 aliphatic rings. The molecule has 1 aromatic rings. The van der Waals surface area contributed by atoms with Crippen LogP contribution in [0.3, 0.4) is 0 Å². The first-order valence-electron chi connectivity index (χ1n) is 6.29. The van der Waals surface area contributed by atoms with Crippen LogP contribution in [0, 0.1) is 0 Å². The molecular weight excluding hydrogens is 250 g/mol. The number of pyridine rings is 1. The van der Waals surface area contributed by atoms with Crippen LogP contribution in [-0.4, -0.2) is 30.3 Å². The van der Waals surface area contributed by atoms with Crippen LogP contribution < -0.4 is 5.73 Å². The minimum Gasteiger partial charge on any atom is -0.384 e. The van der Waals surface area contributed by atoms with E-state index in [2.05, 4.69) is 11.9 Å². The molecule has 0 unspecified atom stereocenters. The van der Waals surface area contributed by atoms with Crippen molar-refractivity contribution in [2.45, 2.75) is 43.5 Å². The quantitative estimate of drug-likeness (QED) is 0.851. The Kier molecular flexibility index (Phi) is 3.87. The van der Waals surface area contributed by atoms with Gasteiger partial charge in [-0.25, -0.2) is 13.4 Å². The first kappa shape index (κ1) is 13.3. The van der Waals surface area contributed by atoms with Gasteiger partial charge in [-0.05, 0) is 25.3 Å². The monoisotopic (exact) mass is 269 g/mol. The highest BCUT2D eigenvalue weighted by atomic mass is 32.2. The molecule has 0 aromatic carbocycles. The molecule has 2 N–H and O–H groups in total. The van der Waals surface area contributed by atoms with Crippen LogP contribution in [0.5, 0.6) is 0 Å². The largest absolute Gasteiger partial charge is 0.384 e. The third-order valence-electron chi connectivity index (χ3n) is 3.05. The Labute approximate surface area is 108 Å². The van der Waals surface area contributed by atoms with E-state index < -0.39 is 10.0 Å². The van der Waals surface area contributed by atoms with E-state index in [1.807, 2.05) is 0 Å². The zero-order valence-corrected chi connectivity index (χ0v) is 11.4. The van der Waals surface area contributed by atoms with Gasteiger partial charge in [0.2, 0.25) is 10.0 Å². The lowest BCUT2D eigenvalue weighted by molar-refractivity contribution is 0.395. The summed E-state index contributed by atoms with van der Waals surface area (Å²) in [7, 11) is -3.42. The number of anilines is 1. The van der Waals surface area contributed by atoms with Crippen LogP contribution in [0.15, 0.2) is 23.2 Å². The summed E-state index contributed by atoms with van der Waals surface area (Å²) in [5.74, 6) is 0.238. The molecule has 2 rings (SSSR count). The average molecular weight is 269 g/mol. The molecule has 1 aromatic heterocycles. The Morgan fingerprint density at radius 3 is 2.78 bits per heavy atom. The Balaban J connectivity index is 2.27. The van der Waals surface area contributed by atoms with Gasteiger partial charge >= 0.3 is 0 Å². The Hall–Kier alpha value is -1.14. The number of nitrogens with zero attached hydrogens (tertiary/aromatic N) is 2. The average Bonchev–Trinajstić information content (AvgIpc) is 3.14. The topological polar surface area (TPSA) is 76.3 Å². The predicted molar refractivity (Wildman–Crippen MR) is 70.5 cm³/mol. The minimum absolute atomic E-state index is 0.177. The fourth-order valence-corrected chi connectivity index (χ4v) is 3.65. The van der Waals surface area contributed by atoms with Gasteiger partial charge in [0.15, 0.2) is 0 Å². The Morgan fingerprint density at radius 1 is 1.50 bits per heavy atom. The summed E-state index contributed by atoms with van der Waals surface area (Å²) in [4.78, 5) is 4.08. The summed E-state index contributed by atoms with van der Waals surface area (Å²) >= 11 is 0. The van der Waals surface area contributed by atoms with Crippen molar-refractivity contribution in [2.24, 2.45) is 0 Å². The van der Waals surface area contributed by atoms with Gasteiger partial charge < -0.3 is 5.73 Å². The zero-order chi connectivity index (χ0) is 13.2. The molecule has 0 bridgehead atoms. The number of hydrogen-bond acceptors (Lipinski definition) is 4. The molecule has 0 atom stereocenters. The second-order valence-corrected chi connectivity index (χ2v) is 6.51. The van der Waals surface area contributed by atoms with Crippen molar-refractivity contribution in [1.29, 1.82) is 0 Å². The van der Waals surface area contributed by atoms with E-state index in [4.69, 9.17) is 5.73 Å². The van der Waals surface area contributed by atoms with Crippen LogP contribution in [-0.2, 0) is 10.0 Å². The second kappa shape index (κ2) is 5.24. The Bertz CT molecular complexity index is 512. The van der Waals surface area contributed by atoms with Gasteiger partial charge in [-0.3, -0.25) is 0 Å². The number of nitrogen functional groups attached to an aromatic ring is 1. The van der Waals surface area contributed by atoms with Gasteiger partial charge in [0.05, 0.1) is 4.90 Å². The molecular formula is C12H19N3O2S. The third kappa shape index (κ3) is 2.81. The van der Waals surface area contributed by atoms with Crippen molar-refractivity contribution in [3.05, 3.63) is 18.3 Å².